The maximum Gasteiger partial charge on any atom is 0.221 e. The second-order valence-electron chi connectivity index (χ2n) is 5.51. The Balaban J connectivity index is 2.11. The van der Waals surface area contributed by atoms with Crippen LogP contribution in [-0.4, -0.2) is 25.2 Å². The number of fused-ring (bicyclic) bond motifs is 5. The van der Waals surface area contributed by atoms with Crippen molar-refractivity contribution in [1.29, 1.82) is 0 Å². The van der Waals surface area contributed by atoms with E-state index in [4.69, 9.17) is 10.3 Å². The monoisotopic (exact) mass is 301 g/mol. The van der Waals surface area contributed by atoms with Gasteiger partial charge in [-0.25, -0.2) is 9.97 Å². The molecule has 0 spiro atoms. The van der Waals surface area contributed by atoms with Gasteiger partial charge in [-0.05, 0) is 30.1 Å². The van der Waals surface area contributed by atoms with Crippen LogP contribution in [0.2, 0.25) is 0 Å². The van der Waals surface area contributed by atoms with Crippen LogP contribution < -0.4 is 0 Å². The van der Waals surface area contributed by atoms with E-state index in [0.29, 0.717) is 12.3 Å². The summed E-state index contributed by atoms with van der Waals surface area (Å²) in [5, 5.41) is 8.69. The van der Waals surface area contributed by atoms with Gasteiger partial charge in [-0.3, -0.25) is 0 Å². The largest absolute Gasteiger partial charge is 0.370 e. The van der Waals surface area contributed by atoms with E-state index in [1.807, 2.05) is 0 Å². The summed E-state index contributed by atoms with van der Waals surface area (Å²) >= 11 is 1.56. The van der Waals surface area contributed by atoms with E-state index in [9.17, 15) is 0 Å². The minimum Gasteiger partial charge on any atom is -0.370 e. The Morgan fingerprint density at radius 3 is 3.19 bits per heavy atom. The quantitative estimate of drug-likeness (QED) is 0.391. The Hall–Kier alpha value is -2.22. The molecule has 0 radical (unpaired) electrons. The Labute approximate surface area is 123 Å². The molecule has 106 valence electrons. The van der Waals surface area contributed by atoms with Gasteiger partial charge < -0.3 is 4.74 Å². The first kappa shape index (κ1) is 12.5. The fraction of sp³-hybridized carbons (Fsp3) is 0.417. The van der Waals surface area contributed by atoms with Crippen molar-refractivity contribution in [1.82, 2.24) is 19.6 Å². The second-order valence-corrected chi connectivity index (χ2v) is 6.59. The van der Waals surface area contributed by atoms with Crippen LogP contribution in [0.4, 0.5) is 5.95 Å². The van der Waals surface area contributed by atoms with E-state index in [-0.39, 0.29) is 11.5 Å². The van der Waals surface area contributed by atoms with Crippen LogP contribution in [0.15, 0.2) is 11.4 Å². The number of aromatic nitrogens is 4. The number of hydrogen-bond acceptors (Lipinski definition) is 6. The molecule has 3 aromatic heterocycles. The molecule has 21 heavy (non-hydrogen) atoms. The lowest BCUT2D eigenvalue weighted by atomic mass is 9.94. The van der Waals surface area contributed by atoms with Crippen molar-refractivity contribution in [2.75, 3.05) is 0 Å². The summed E-state index contributed by atoms with van der Waals surface area (Å²) in [5.41, 5.74) is 10.3. The molecule has 0 saturated heterocycles. The Morgan fingerprint density at radius 2 is 2.38 bits per heavy atom. The third-order valence-electron chi connectivity index (χ3n) is 3.57. The molecule has 0 fully saturated rings. The van der Waals surface area contributed by atoms with Gasteiger partial charge in [0.2, 0.25) is 5.95 Å². The molecule has 0 aliphatic carbocycles. The highest BCUT2D eigenvalue weighted by atomic mass is 32.1. The third kappa shape index (κ3) is 1.79. The highest BCUT2D eigenvalue weighted by Crippen LogP contribution is 2.40. The van der Waals surface area contributed by atoms with Gasteiger partial charge in [0.05, 0.1) is 17.6 Å². The summed E-state index contributed by atoms with van der Waals surface area (Å²) in [5.74, 6) is 0.205. The van der Waals surface area contributed by atoms with Crippen molar-refractivity contribution in [3.8, 4) is 0 Å². The summed E-state index contributed by atoms with van der Waals surface area (Å²) in [6.45, 7) is 4.71. The first-order valence-electron chi connectivity index (χ1n) is 6.42. The molecule has 4 rings (SSSR count). The molecule has 1 aliphatic rings. The van der Waals surface area contributed by atoms with Gasteiger partial charge in [0.1, 0.15) is 11.2 Å². The summed E-state index contributed by atoms with van der Waals surface area (Å²) in [7, 11) is 0. The standard InChI is InChI=1S/C12H11N7OS/c1-12(2)3-6-7(4-20-12)21-10-8(6)9-14-5-15-19(9)11(16-10)17-18-13/h5H,3-4H2,1-2H3. The van der Waals surface area contributed by atoms with Crippen LogP contribution in [0.1, 0.15) is 24.3 Å². The van der Waals surface area contributed by atoms with Gasteiger partial charge in [0.15, 0.2) is 5.65 Å². The molecule has 0 unspecified atom stereocenters. The van der Waals surface area contributed by atoms with Crippen molar-refractivity contribution in [3.05, 3.63) is 27.2 Å². The molecule has 3 aromatic rings. The lowest BCUT2D eigenvalue weighted by Crippen LogP contribution is -2.31. The molecule has 0 saturated carbocycles. The summed E-state index contributed by atoms with van der Waals surface area (Å²) in [6.07, 6.45) is 2.24. The summed E-state index contributed by atoms with van der Waals surface area (Å²) in [4.78, 5) is 13.5. The Morgan fingerprint density at radius 1 is 1.52 bits per heavy atom. The van der Waals surface area contributed by atoms with E-state index in [2.05, 4.69) is 38.9 Å². The molecule has 0 bridgehead atoms. The van der Waals surface area contributed by atoms with Crippen LogP contribution in [0.3, 0.4) is 0 Å². The van der Waals surface area contributed by atoms with Gasteiger partial charge >= 0.3 is 0 Å². The first-order valence-corrected chi connectivity index (χ1v) is 7.24. The molecule has 0 amide bonds. The lowest BCUT2D eigenvalue weighted by molar-refractivity contribution is -0.0379. The predicted molar refractivity (Wildman–Crippen MR) is 77.5 cm³/mol. The van der Waals surface area contributed by atoms with Crippen molar-refractivity contribution < 1.29 is 4.74 Å². The zero-order valence-corrected chi connectivity index (χ0v) is 12.3. The van der Waals surface area contributed by atoms with Crippen LogP contribution in [0.5, 0.6) is 0 Å². The van der Waals surface area contributed by atoms with E-state index >= 15 is 0 Å². The van der Waals surface area contributed by atoms with Gasteiger partial charge in [-0.2, -0.15) is 9.61 Å². The first-order chi connectivity index (χ1) is 10.1. The van der Waals surface area contributed by atoms with Gasteiger partial charge in [0.25, 0.3) is 0 Å². The van der Waals surface area contributed by atoms with Crippen molar-refractivity contribution >= 4 is 33.1 Å². The highest BCUT2D eigenvalue weighted by molar-refractivity contribution is 7.19. The average Bonchev–Trinajstić information content (AvgIpc) is 3.01. The smallest absolute Gasteiger partial charge is 0.221 e. The van der Waals surface area contributed by atoms with E-state index in [1.165, 1.54) is 16.4 Å². The number of nitrogens with zero attached hydrogens (tertiary/aromatic N) is 7. The van der Waals surface area contributed by atoms with Crippen LogP contribution >= 0.6 is 11.3 Å². The highest BCUT2D eigenvalue weighted by Gasteiger charge is 2.31. The number of hydrogen-bond donors (Lipinski definition) is 0. The normalized spacial score (nSPS) is 16.9. The fourth-order valence-corrected chi connectivity index (χ4v) is 3.74. The van der Waals surface area contributed by atoms with Crippen LogP contribution in [0.25, 0.3) is 26.3 Å². The molecule has 0 atom stereocenters. The fourth-order valence-electron chi connectivity index (χ4n) is 2.65. The van der Waals surface area contributed by atoms with E-state index < -0.39 is 0 Å². The molecule has 0 aromatic carbocycles. The minimum atomic E-state index is -0.207. The summed E-state index contributed by atoms with van der Waals surface area (Å²) < 4.78 is 7.33. The molecule has 1 aliphatic heterocycles. The maximum atomic E-state index is 8.66. The number of thiophene rings is 1. The maximum absolute atomic E-state index is 8.66. The van der Waals surface area contributed by atoms with Crippen molar-refractivity contribution in [2.45, 2.75) is 32.5 Å². The molecular formula is C12H11N7OS. The lowest BCUT2D eigenvalue weighted by Gasteiger charge is -2.30. The molecule has 8 nitrogen and oxygen atoms in total. The van der Waals surface area contributed by atoms with Crippen molar-refractivity contribution in [3.63, 3.8) is 0 Å². The SMILES string of the molecule is CC1(C)Cc2c(sc3nc(N=[N+]=[N-])n4ncnc4c23)CO1. The summed E-state index contributed by atoms with van der Waals surface area (Å²) in [6, 6.07) is 0. The Kier molecular flexibility index (Phi) is 2.47. The zero-order chi connectivity index (χ0) is 14.6. The average molecular weight is 301 g/mol. The van der Waals surface area contributed by atoms with E-state index in [0.717, 1.165) is 21.5 Å². The zero-order valence-electron chi connectivity index (χ0n) is 11.4. The van der Waals surface area contributed by atoms with Gasteiger partial charge in [-0.15, -0.1) is 11.3 Å². The van der Waals surface area contributed by atoms with Gasteiger partial charge in [-0.1, -0.05) is 0 Å². The predicted octanol–water partition coefficient (Wildman–Crippen LogP) is 3.13. The van der Waals surface area contributed by atoms with Crippen LogP contribution in [-0.2, 0) is 17.8 Å². The molecule has 0 N–H and O–H groups in total. The topological polar surface area (TPSA) is 101 Å². The number of rotatable bonds is 1. The van der Waals surface area contributed by atoms with Gasteiger partial charge in [0, 0.05) is 16.2 Å². The second kappa shape index (κ2) is 4.14. The number of azide groups is 1. The van der Waals surface area contributed by atoms with E-state index in [1.54, 1.807) is 11.3 Å². The molecule has 9 heteroatoms. The van der Waals surface area contributed by atoms with Crippen molar-refractivity contribution in [2.24, 2.45) is 5.11 Å². The number of ether oxygens (including phenoxy) is 1. The molecular weight excluding hydrogens is 290 g/mol. The third-order valence-corrected chi connectivity index (χ3v) is 4.66. The Bertz CT molecular complexity index is 919. The van der Waals surface area contributed by atoms with Crippen LogP contribution in [0, 0.1) is 0 Å². The minimum absolute atomic E-state index is 0.205. The molecule has 4 heterocycles.